The van der Waals surface area contributed by atoms with Crippen molar-refractivity contribution in [2.75, 3.05) is 11.4 Å². The van der Waals surface area contributed by atoms with Gasteiger partial charge in [-0.1, -0.05) is 17.3 Å². The lowest BCUT2D eigenvalue weighted by atomic mass is 10.0. The molecular formula is C19H19F2N7O2. The second-order valence-corrected chi connectivity index (χ2v) is 6.84. The highest BCUT2D eigenvalue weighted by Gasteiger charge is 2.33. The molecule has 156 valence electrons. The van der Waals surface area contributed by atoms with Crippen LogP contribution < -0.4 is 15.4 Å². The Balaban J connectivity index is 1.45. The van der Waals surface area contributed by atoms with Gasteiger partial charge in [-0.25, -0.2) is 13.5 Å². The van der Waals surface area contributed by atoms with Crippen molar-refractivity contribution in [3.8, 4) is 11.6 Å². The zero-order chi connectivity index (χ0) is 21.3. The first kappa shape index (κ1) is 19.7. The predicted octanol–water partition coefficient (Wildman–Crippen LogP) is 1.95. The summed E-state index contributed by atoms with van der Waals surface area (Å²) in [7, 11) is 0. The summed E-state index contributed by atoms with van der Waals surface area (Å²) in [5.41, 5.74) is 7.18. The number of hydrogen-bond acceptors (Lipinski definition) is 7. The fraction of sp³-hybridized carbons (Fsp3) is 0.316. The molecule has 1 aliphatic heterocycles. The van der Waals surface area contributed by atoms with Crippen molar-refractivity contribution in [3.05, 3.63) is 53.3 Å². The minimum absolute atomic E-state index is 0.0653. The molecule has 11 heteroatoms. The Morgan fingerprint density at radius 2 is 1.97 bits per heavy atom. The molecule has 0 spiro atoms. The Bertz CT molecular complexity index is 1040. The van der Waals surface area contributed by atoms with Crippen LogP contribution in [0, 0.1) is 6.92 Å². The monoisotopic (exact) mass is 415 g/mol. The van der Waals surface area contributed by atoms with E-state index in [0.29, 0.717) is 35.9 Å². The van der Waals surface area contributed by atoms with Crippen molar-refractivity contribution >= 4 is 11.7 Å². The molecular weight excluding hydrogens is 396 g/mol. The van der Waals surface area contributed by atoms with Gasteiger partial charge in [0, 0.05) is 18.2 Å². The molecule has 1 aromatic carbocycles. The van der Waals surface area contributed by atoms with Gasteiger partial charge in [-0.3, -0.25) is 4.79 Å². The number of primary amides is 1. The number of nitrogens with zero attached hydrogens (tertiary/aromatic N) is 6. The number of benzene rings is 1. The maximum atomic E-state index is 12.8. The molecule has 3 aromatic rings. The molecule has 1 fully saturated rings. The van der Waals surface area contributed by atoms with E-state index in [9.17, 15) is 13.6 Å². The number of nitrogens with two attached hydrogens (primary N) is 1. The summed E-state index contributed by atoms with van der Waals surface area (Å²) in [5.74, 6) is 0.454. The van der Waals surface area contributed by atoms with Gasteiger partial charge in [0.05, 0.1) is 11.4 Å². The average molecular weight is 415 g/mol. The molecule has 3 heterocycles. The first-order chi connectivity index (χ1) is 14.4. The predicted molar refractivity (Wildman–Crippen MR) is 102 cm³/mol. The van der Waals surface area contributed by atoms with Crippen molar-refractivity contribution in [2.24, 2.45) is 5.73 Å². The lowest BCUT2D eigenvalue weighted by Crippen LogP contribution is -2.55. The summed E-state index contributed by atoms with van der Waals surface area (Å²) in [4.78, 5) is 13.1. The molecule has 1 unspecified atom stereocenters. The quantitative estimate of drug-likeness (QED) is 0.628. The topological polar surface area (TPSA) is 112 Å². The Hall–Kier alpha value is -3.63. The van der Waals surface area contributed by atoms with E-state index in [0.717, 1.165) is 0 Å². The van der Waals surface area contributed by atoms with E-state index >= 15 is 0 Å². The summed E-state index contributed by atoms with van der Waals surface area (Å²) in [6.45, 7) is 2.58. The van der Waals surface area contributed by atoms with Crippen LogP contribution in [0.1, 0.15) is 29.8 Å². The van der Waals surface area contributed by atoms with Crippen LogP contribution in [0.15, 0.2) is 36.4 Å². The van der Waals surface area contributed by atoms with Crippen LogP contribution in [0.3, 0.4) is 0 Å². The molecule has 0 saturated carbocycles. The molecule has 0 aliphatic carbocycles. The van der Waals surface area contributed by atoms with Gasteiger partial charge >= 0.3 is 0 Å². The van der Waals surface area contributed by atoms with Gasteiger partial charge in [0.15, 0.2) is 5.82 Å². The molecule has 0 bridgehead atoms. The van der Waals surface area contributed by atoms with Crippen molar-refractivity contribution < 1.29 is 18.3 Å². The van der Waals surface area contributed by atoms with Gasteiger partial charge in [0.2, 0.25) is 11.8 Å². The number of anilines is 1. The van der Waals surface area contributed by atoms with E-state index in [-0.39, 0.29) is 30.0 Å². The van der Waals surface area contributed by atoms with E-state index in [4.69, 9.17) is 10.5 Å². The molecule has 9 nitrogen and oxygen atoms in total. The highest BCUT2D eigenvalue weighted by Crippen LogP contribution is 2.25. The molecule has 1 saturated heterocycles. The fourth-order valence-corrected chi connectivity index (χ4v) is 3.15. The number of halogens is 2. The van der Waals surface area contributed by atoms with Crippen LogP contribution in [0.2, 0.25) is 0 Å². The Morgan fingerprint density at radius 1 is 1.20 bits per heavy atom. The minimum Gasteiger partial charge on any atom is -0.470 e. The van der Waals surface area contributed by atoms with E-state index in [2.05, 4.69) is 20.5 Å². The van der Waals surface area contributed by atoms with Crippen molar-refractivity contribution in [2.45, 2.75) is 32.4 Å². The Morgan fingerprint density at radius 3 is 2.53 bits per heavy atom. The SMILES string of the molecule is Cc1nnn(-c2ccc(C(F)F)cc2)c1COc1ccc(N2CCC2C(N)=O)nn1. The average Bonchev–Trinajstić information content (AvgIpc) is 3.06. The van der Waals surface area contributed by atoms with E-state index in [1.165, 1.54) is 16.8 Å². The minimum atomic E-state index is -2.53. The molecule has 0 radical (unpaired) electrons. The zero-order valence-corrected chi connectivity index (χ0v) is 16.1. The maximum Gasteiger partial charge on any atom is 0.263 e. The summed E-state index contributed by atoms with van der Waals surface area (Å²) < 4.78 is 32.8. The second kappa shape index (κ2) is 8.01. The molecule has 1 aliphatic rings. The number of hydrogen-bond donors (Lipinski definition) is 1. The van der Waals surface area contributed by atoms with Gasteiger partial charge < -0.3 is 15.4 Å². The zero-order valence-electron chi connectivity index (χ0n) is 16.1. The summed E-state index contributed by atoms with van der Waals surface area (Å²) in [5, 5.41) is 16.2. The van der Waals surface area contributed by atoms with Crippen LogP contribution in [0.25, 0.3) is 5.69 Å². The van der Waals surface area contributed by atoms with Gasteiger partial charge in [-0.05, 0) is 31.5 Å². The summed E-state index contributed by atoms with van der Waals surface area (Å²) >= 11 is 0. The van der Waals surface area contributed by atoms with Crippen LogP contribution in [0.5, 0.6) is 5.88 Å². The lowest BCUT2D eigenvalue weighted by molar-refractivity contribution is -0.120. The molecule has 4 rings (SSSR count). The number of aromatic nitrogens is 5. The number of rotatable bonds is 7. The molecule has 1 atom stereocenters. The van der Waals surface area contributed by atoms with E-state index in [1.54, 1.807) is 36.1 Å². The van der Waals surface area contributed by atoms with Gasteiger partial charge in [0.1, 0.15) is 18.3 Å². The third kappa shape index (κ3) is 3.78. The molecule has 2 N–H and O–H groups in total. The number of aryl methyl sites for hydroxylation is 1. The number of alkyl halides is 2. The number of carbonyl (C=O) groups excluding carboxylic acids is 1. The third-order valence-electron chi connectivity index (χ3n) is 4.97. The standard InChI is InChI=1S/C19H19F2N7O2/c1-11-15(28(26-23-11)13-4-2-12(3-5-13)18(20)21)10-30-17-7-6-16(24-25-17)27-9-8-14(27)19(22)29/h2-7,14,18H,8-10H2,1H3,(H2,22,29). The maximum absolute atomic E-state index is 12.8. The van der Waals surface area contributed by atoms with Gasteiger partial charge in [-0.2, -0.15) is 0 Å². The van der Waals surface area contributed by atoms with Crippen LogP contribution in [-0.2, 0) is 11.4 Å². The highest BCUT2D eigenvalue weighted by atomic mass is 19.3. The highest BCUT2D eigenvalue weighted by molar-refractivity contribution is 5.85. The Labute approximate surface area is 170 Å². The number of carbonyl (C=O) groups is 1. The normalized spacial score (nSPS) is 15.9. The van der Waals surface area contributed by atoms with Crippen LogP contribution in [-0.4, -0.2) is 43.7 Å². The molecule has 30 heavy (non-hydrogen) atoms. The first-order valence-electron chi connectivity index (χ1n) is 9.26. The Kier molecular flexibility index (Phi) is 5.25. The lowest BCUT2D eigenvalue weighted by Gasteiger charge is -2.39. The van der Waals surface area contributed by atoms with Crippen molar-refractivity contribution in [1.29, 1.82) is 0 Å². The van der Waals surface area contributed by atoms with Crippen molar-refractivity contribution in [3.63, 3.8) is 0 Å². The summed E-state index contributed by atoms with van der Waals surface area (Å²) in [6.07, 6.45) is -1.83. The van der Waals surface area contributed by atoms with E-state index in [1.807, 2.05) is 0 Å². The molecule has 1 amide bonds. The first-order valence-corrected chi connectivity index (χ1v) is 9.26. The number of amides is 1. The smallest absolute Gasteiger partial charge is 0.263 e. The third-order valence-corrected chi connectivity index (χ3v) is 4.97. The van der Waals surface area contributed by atoms with Gasteiger partial charge in [0.25, 0.3) is 6.43 Å². The van der Waals surface area contributed by atoms with Crippen LogP contribution in [0.4, 0.5) is 14.6 Å². The largest absolute Gasteiger partial charge is 0.470 e. The van der Waals surface area contributed by atoms with Crippen molar-refractivity contribution in [1.82, 2.24) is 25.2 Å². The van der Waals surface area contributed by atoms with Gasteiger partial charge in [-0.15, -0.1) is 15.3 Å². The molecule has 2 aromatic heterocycles. The number of ether oxygens (including phenoxy) is 1. The fourth-order valence-electron chi connectivity index (χ4n) is 3.15. The summed E-state index contributed by atoms with van der Waals surface area (Å²) in [6, 6.07) is 8.81. The second-order valence-electron chi connectivity index (χ2n) is 6.84. The van der Waals surface area contributed by atoms with E-state index < -0.39 is 6.43 Å². The van der Waals surface area contributed by atoms with Crippen LogP contribution >= 0.6 is 0 Å².